The summed E-state index contributed by atoms with van der Waals surface area (Å²) in [5, 5.41) is 4.33. The lowest BCUT2D eigenvalue weighted by Crippen LogP contribution is -2.37. The molecule has 0 aliphatic carbocycles. The van der Waals surface area contributed by atoms with E-state index in [2.05, 4.69) is 61.7 Å². The van der Waals surface area contributed by atoms with Gasteiger partial charge in [-0.1, -0.05) is 12.1 Å². The highest BCUT2D eigenvalue weighted by atomic mass is 32.1. The minimum absolute atomic E-state index is 0.0114. The summed E-state index contributed by atoms with van der Waals surface area (Å²) >= 11 is 5.86. The van der Waals surface area contributed by atoms with Gasteiger partial charge in [-0.25, -0.2) is 0 Å². The summed E-state index contributed by atoms with van der Waals surface area (Å²) in [6.07, 6.45) is 6.71. The largest absolute Gasteiger partial charge is 0.379 e. The summed E-state index contributed by atoms with van der Waals surface area (Å²) in [6.45, 7) is 11.1. The molecular weight excluding hydrogens is 456 g/mol. The van der Waals surface area contributed by atoms with Gasteiger partial charge in [0, 0.05) is 62.7 Å². The summed E-state index contributed by atoms with van der Waals surface area (Å²) in [5.74, 6) is 0. The lowest BCUT2D eigenvalue weighted by molar-refractivity contribution is 0.0369. The van der Waals surface area contributed by atoms with Crippen LogP contribution in [0.3, 0.4) is 0 Å². The molecule has 3 aromatic heterocycles. The van der Waals surface area contributed by atoms with Crippen molar-refractivity contribution in [3.05, 3.63) is 83.2 Å². The molecule has 7 nitrogen and oxygen atoms in total. The number of pyridine rings is 2. The van der Waals surface area contributed by atoms with Gasteiger partial charge in [-0.05, 0) is 67.9 Å². The highest BCUT2D eigenvalue weighted by molar-refractivity contribution is 7.80. The number of nitrogens with one attached hydrogen (secondary N) is 1. The van der Waals surface area contributed by atoms with Gasteiger partial charge in [0.1, 0.15) is 0 Å². The third-order valence-electron chi connectivity index (χ3n) is 7.16. The van der Waals surface area contributed by atoms with E-state index >= 15 is 0 Å². The van der Waals surface area contributed by atoms with E-state index in [1.165, 1.54) is 17.0 Å². The minimum atomic E-state index is -0.0114. The number of hydrogen-bond acceptors (Lipinski definition) is 5. The van der Waals surface area contributed by atoms with Gasteiger partial charge < -0.3 is 19.5 Å². The molecule has 0 aromatic carbocycles. The average molecular weight is 491 g/mol. The summed E-state index contributed by atoms with van der Waals surface area (Å²) in [7, 11) is 0. The number of aryl methyl sites for hydroxylation is 1. The molecule has 1 N–H and O–H groups in total. The van der Waals surface area contributed by atoms with Gasteiger partial charge in [0.15, 0.2) is 5.11 Å². The third kappa shape index (κ3) is 5.24. The fraction of sp³-hybridized carbons (Fsp3) is 0.444. The van der Waals surface area contributed by atoms with Crippen molar-refractivity contribution in [2.24, 2.45) is 0 Å². The van der Waals surface area contributed by atoms with Crippen LogP contribution >= 0.6 is 12.2 Å². The Morgan fingerprint density at radius 1 is 1.09 bits per heavy atom. The van der Waals surface area contributed by atoms with Crippen LogP contribution in [0.25, 0.3) is 0 Å². The summed E-state index contributed by atoms with van der Waals surface area (Å²) in [6, 6.07) is 12.6. The lowest BCUT2D eigenvalue weighted by Gasteiger charge is -2.28. The number of hydrogen-bond donors (Lipinski definition) is 1. The molecule has 2 saturated heterocycles. The van der Waals surface area contributed by atoms with E-state index in [4.69, 9.17) is 17.0 Å². The minimum Gasteiger partial charge on any atom is -0.379 e. The van der Waals surface area contributed by atoms with Crippen LogP contribution in [-0.2, 0) is 17.8 Å². The zero-order chi connectivity index (χ0) is 24.2. The molecule has 2 aliphatic heterocycles. The molecule has 0 radical (unpaired) electrons. The smallest absolute Gasteiger partial charge is 0.170 e. The molecule has 2 aliphatic rings. The zero-order valence-electron chi connectivity index (χ0n) is 20.6. The van der Waals surface area contributed by atoms with E-state index in [9.17, 15) is 0 Å². The highest BCUT2D eigenvalue weighted by Crippen LogP contribution is 2.41. The van der Waals surface area contributed by atoms with Gasteiger partial charge >= 0.3 is 0 Å². The lowest BCUT2D eigenvalue weighted by atomic mass is 9.96. The molecule has 2 atom stereocenters. The second kappa shape index (κ2) is 10.8. The second-order valence-electron chi connectivity index (χ2n) is 9.40. The molecule has 184 valence electrons. The molecule has 0 spiro atoms. The molecule has 5 heterocycles. The van der Waals surface area contributed by atoms with Gasteiger partial charge in [0.2, 0.25) is 0 Å². The van der Waals surface area contributed by atoms with Crippen molar-refractivity contribution >= 4 is 17.3 Å². The molecular formula is C27H34N6OS. The number of thiocarbonyl (C=S) groups is 1. The van der Waals surface area contributed by atoms with Gasteiger partial charge in [0.05, 0.1) is 31.0 Å². The molecule has 0 bridgehead atoms. The Morgan fingerprint density at radius 2 is 1.94 bits per heavy atom. The van der Waals surface area contributed by atoms with Gasteiger partial charge in [-0.2, -0.15) is 0 Å². The summed E-state index contributed by atoms with van der Waals surface area (Å²) in [5.41, 5.74) is 6.05. The Labute approximate surface area is 213 Å². The Bertz CT molecular complexity index is 1130. The number of nitrogens with zero attached hydrogens (tertiary/aromatic N) is 5. The first kappa shape index (κ1) is 23.9. The van der Waals surface area contributed by atoms with Gasteiger partial charge in [-0.3, -0.25) is 14.9 Å². The van der Waals surface area contributed by atoms with Crippen molar-refractivity contribution in [1.29, 1.82) is 0 Å². The number of ether oxygens (including phenoxy) is 1. The highest BCUT2D eigenvalue weighted by Gasteiger charge is 2.41. The Balaban J connectivity index is 1.42. The average Bonchev–Trinajstić information content (AvgIpc) is 3.36. The fourth-order valence-electron chi connectivity index (χ4n) is 5.35. The standard InChI is InChI=1S/C27H34N6OS/c1-20-17-23(21(2)32(20)12-6-11-31-13-15-34-16-14-31)26-25(24-8-3-4-10-29-24)30-27(35)33(26)19-22-7-5-9-28-18-22/h3-5,7-10,17-18,25-26H,6,11-16,19H2,1-2H3,(H,30,35)/t25-,26-/m1/s1. The number of aromatic nitrogens is 3. The first-order valence-corrected chi connectivity index (χ1v) is 12.9. The van der Waals surface area contributed by atoms with Crippen LogP contribution in [0.15, 0.2) is 55.0 Å². The number of morpholine rings is 1. The monoisotopic (exact) mass is 490 g/mol. The molecule has 0 unspecified atom stereocenters. The summed E-state index contributed by atoms with van der Waals surface area (Å²) in [4.78, 5) is 13.8. The first-order valence-electron chi connectivity index (χ1n) is 12.5. The SMILES string of the molecule is Cc1cc([C@@H]2[C@@H](c3ccccn3)NC(=S)N2Cc2cccnc2)c(C)n1CCCN1CCOCC1. The van der Waals surface area contributed by atoms with Crippen LogP contribution < -0.4 is 5.32 Å². The normalized spacial score (nSPS) is 20.9. The maximum atomic E-state index is 5.86. The Kier molecular flexibility index (Phi) is 7.41. The van der Waals surface area contributed by atoms with Crippen LogP contribution in [-0.4, -0.2) is 62.3 Å². The first-order chi connectivity index (χ1) is 17.1. The molecule has 5 rings (SSSR count). The van der Waals surface area contributed by atoms with Gasteiger partial charge in [0.25, 0.3) is 0 Å². The van der Waals surface area contributed by atoms with Crippen LogP contribution in [0.1, 0.15) is 46.7 Å². The Morgan fingerprint density at radius 3 is 2.69 bits per heavy atom. The maximum absolute atomic E-state index is 5.86. The molecule has 3 aromatic rings. The molecule has 0 amide bonds. The van der Waals surface area contributed by atoms with Crippen molar-refractivity contribution in [3.63, 3.8) is 0 Å². The zero-order valence-corrected chi connectivity index (χ0v) is 21.4. The van der Waals surface area contributed by atoms with Crippen LogP contribution in [0.4, 0.5) is 0 Å². The predicted octanol–water partition coefficient (Wildman–Crippen LogP) is 3.79. The van der Waals surface area contributed by atoms with Crippen molar-refractivity contribution in [2.45, 2.75) is 45.4 Å². The second-order valence-corrected chi connectivity index (χ2v) is 9.79. The quantitative estimate of drug-likeness (QED) is 0.482. The van der Waals surface area contributed by atoms with E-state index < -0.39 is 0 Å². The van der Waals surface area contributed by atoms with Crippen molar-refractivity contribution in [2.75, 3.05) is 32.8 Å². The van der Waals surface area contributed by atoms with E-state index in [0.717, 1.165) is 62.2 Å². The summed E-state index contributed by atoms with van der Waals surface area (Å²) < 4.78 is 7.96. The van der Waals surface area contributed by atoms with E-state index in [1.54, 1.807) is 0 Å². The fourth-order valence-corrected chi connectivity index (χ4v) is 5.66. The van der Waals surface area contributed by atoms with Crippen molar-refractivity contribution < 1.29 is 4.74 Å². The molecule has 0 saturated carbocycles. The van der Waals surface area contributed by atoms with Crippen LogP contribution in [0.2, 0.25) is 0 Å². The van der Waals surface area contributed by atoms with E-state index in [0.29, 0.717) is 6.54 Å². The molecule has 2 fully saturated rings. The van der Waals surface area contributed by atoms with Crippen LogP contribution in [0.5, 0.6) is 0 Å². The Hall–Kier alpha value is -2.81. The number of rotatable bonds is 8. The van der Waals surface area contributed by atoms with E-state index in [1.807, 2.05) is 36.8 Å². The van der Waals surface area contributed by atoms with E-state index in [-0.39, 0.29) is 12.1 Å². The van der Waals surface area contributed by atoms with Crippen molar-refractivity contribution in [3.8, 4) is 0 Å². The van der Waals surface area contributed by atoms with Crippen LogP contribution in [0, 0.1) is 13.8 Å². The molecule has 35 heavy (non-hydrogen) atoms. The molecule has 8 heteroatoms. The van der Waals surface area contributed by atoms with Gasteiger partial charge in [-0.15, -0.1) is 0 Å². The predicted molar refractivity (Wildman–Crippen MR) is 141 cm³/mol. The topological polar surface area (TPSA) is 58.5 Å². The van der Waals surface area contributed by atoms with Crippen molar-refractivity contribution in [1.82, 2.24) is 29.7 Å². The maximum Gasteiger partial charge on any atom is 0.170 e. The third-order valence-corrected chi connectivity index (χ3v) is 7.52.